The van der Waals surface area contributed by atoms with E-state index in [4.69, 9.17) is 4.42 Å². The molecule has 0 spiro atoms. The Morgan fingerprint density at radius 1 is 1.64 bits per heavy atom. The zero-order valence-electron chi connectivity index (χ0n) is 8.40. The van der Waals surface area contributed by atoms with Crippen LogP contribution in [0, 0.1) is 13.8 Å². The van der Waals surface area contributed by atoms with Crippen molar-refractivity contribution in [1.82, 2.24) is 4.98 Å². The summed E-state index contributed by atoms with van der Waals surface area (Å²) in [5, 5.41) is 9.50. The molecule has 0 aromatic carbocycles. The molecule has 0 fully saturated rings. The molecule has 78 valence electrons. The average molecular weight is 199 g/mol. The SMILES string of the molecule is COC(=O)C[C@@H](O)c1nc(C)c(C)o1. The van der Waals surface area contributed by atoms with E-state index in [9.17, 15) is 9.90 Å². The Labute approximate surface area is 81.7 Å². The first kappa shape index (κ1) is 10.7. The van der Waals surface area contributed by atoms with E-state index in [2.05, 4.69) is 9.72 Å². The molecular weight excluding hydrogens is 186 g/mol. The molecule has 5 nitrogen and oxygen atoms in total. The number of aromatic nitrogens is 1. The zero-order valence-corrected chi connectivity index (χ0v) is 8.40. The highest BCUT2D eigenvalue weighted by molar-refractivity contribution is 5.69. The fourth-order valence-electron chi connectivity index (χ4n) is 0.969. The lowest BCUT2D eigenvalue weighted by molar-refractivity contribution is -0.143. The Morgan fingerprint density at radius 2 is 2.29 bits per heavy atom. The van der Waals surface area contributed by atoms with Gasteiger partial charge in [-0.05, 0) is 13.8 Å². The molecule has 0 saturated heterocycles. The maximum atomic E-state index is 10.8. The third kappa shape index (κ3) is 2.32. The molecule has 1 heterocycles. The standard InChI is InChI=1S/C9H13NO4/c1-5-6(2)14-9(10-5)7(11)4-8(12)13-3/h7,11H,4H2,1-3H3/t7-/m1/s1. The van der Waals surface area contributed by atoms with Crippen molar-refractivity contribution >= 4 is 5.97 Å². The van der Waals surface area contributed by atoms with Gasteiger partial charge in [-0.15, -0.1) is 0 Å². The van der Waals surface area contributed by atoms with Crippen molar-refractivity contribution in [3.8, 4) is 0 Å². The number of ether oxygens (including phenoxy) is 1. The number of esters is 1. The molecule has 5 heteroatoms. The second-order valence-corrected chi connectivity index (χ2v) is 2.99. The molecule has 14 heavy (non-hydrogen) atoms. The van der Waals surface area contributed by atoms with Gasteiger partial charge in [-0.3, -0.25) is 4.79 Å². The average Bonchev–Trinajstić information content (AvgIpc) is 2.47. The maximum absolute atomic E-state index is 10.8. The molecule has 1 aromatic heterocycles. The second-order valence-electron chi connectivity index (χ2n) is 2.99. The third-order valence-corrected chi connectivity index (χ3v) is 1.92. The summed E-state index contributed by atoms with van der Waals surface area (Å²) in [6, 6.07) is 0. The van der Waals surface area contributed by atoms with Gasteiger partial charge in [0.15, 0.2) is 0 Å². The van der Waals surface area contributed by atoms with Crippen molar-refractivity contribution in [3.05, 3.63) is 17.3 Å². The first-order valence-corrected chi connectivity index (χ1v) is 4.23. The number of carbonyl (C=O) groups excluding carboxylic acids is 1. The van der Waals surface area contributed by atoms with Crippen LogP contribution in [0.3, 0.4) is 0 Å². The molecular formula is C9H13NO4. The first-order valence-electron chi connectivity index (χ1n) is 4.23. The molecule has 0 saturated carbocycles. The molecule has 0 aliphatic heterocycles. The molecule has 1 atom stereocenters. The molecule has 1 aromatic rings. The second kappa shape index (κ2) is 4.23. The van der Waals surface area contributed by atoms with E-state index in [1.807, 2.05) is 0 Å². The number of hydrogen-bond donors (Lipinski definition) is 1. The van der Waals surface area contributed by atoms with E-state index < -0.39 is 12.1 Å². The van der Waals surface area contributed by atoms with E-state index >= 15 is 0 Å². The summed E-state index contributed by atoms with van der Waals surface area (Å²) in [6.07, 6.45) is -1.18. The number of methoxy groups -OCH3 is 1. The lowest BCUT2D eigenvalue weighted by atomic mass is 10.2. The Kier molecular flexibility index (Phi) is 3.24. The van der Waals surface area contributed by atoms with Crippen molar-refractivity contribution in [3.63, 3.8) is 0 Å². The number of aliphatic hydroxyl groups is 1. The van der Waals surface area contributed by atoms with Crippen LogP contribution in [-0.4, -0.2) is 23.2 Å². The lowest BCUT2D eigenvalue weighted by Crippen LogP contribution is -2.08. The minimum atomic E-state index is -1.03. The van der Waals surface area contributed by atoms with E-state index in [1.54, 1.807) is 13.8 Å². The summed E-state index contributed by atoms with van der Waals surface area (Å²) in [6.45, 7) is 3.52. The van der Waals surface area contributed by atoms with Gasteiger partial charge in [0.05, 0.1) is 19.2 Å². The summed E-state index contributed by atoms with van der Waals surface area (Å²) in [7, 11) is 1.26. The number of rotatable bonds is 3. The van der Waals surface area contributed by atoms with Gasteiger partial charge in [-0.25, -0.2) is 4.98 Å². The fraction of sp³-hybridized carbons (Fsp3) is 0.556. The van der Waals surface area contributed by atoms with Gasteiger partial charge in [0, 0.05) is 0 Å². The minimum absolute atomic E-state index is 0.143. The summed E-state index contributed by atoms with van der Waals surface area (Å²) in [5.41, 5.74) is 0.712. The summed E-state index contributed by atoms with van der Waals surface area (Å²) < 4.78 is 9.56. The summed E-state index contributed by atoms with van der Waals surface area (Å²) >= 11 is 0. The molecule has 0 aliphatic carbocycles. The molecule has 0 aliphatic rings. The highest BCUT2D eigenvalue weighted by Crippen LogP contribution is 2.18. The van der Waals surface area contributed by atoms with Crippen LogP contribution >= 0.6 is 0 Å². The van der Waals surface area contributed by atoms with Gasteiger partial charge in [-0.1, -0.05) is 0 Å². The van der Waals surface area contributed by atoms with Gasteiger partial charge < -0.3 is 14.3 Å². The molecule has 1 rings (SSSR count). The largest absolute Gasteiger partial charge is 0.469 e. The molecule has 0 radical (unpaired) electrons. The molecule has 1 N–H and O–H groups in total. The highest BCUT2D eigenvalue weighted by Gasteiger charge is 2.19. The number of hydrogen-bond acceptors (Lipinski definition) is 5. The number of nitrogens with zero attached hydrogens (tertiary/aromatic N) is 1. The van der Waals surface area contributed by atoms with Crippen LogP contribution in [0.5, 0.6) is 0 Å². The van der Waals surface area contributed by atoms with Crippen molar-refractivity contribution in [2.45, 2.75) is 26.4 Å². The molecule has 0 unspecified atom stereocenters. The van der Waals surface area contributed by atoms with Gasteiger partial charge in [-0.2, -0.15) is 0 Å². The van der Waals surface area contributed by atoms with Crippen LogP contribution in [0.4, 0.5) is 0 Å². The fourth-order valence-corrected chi connectivity index (χ4v) is 0.969. The third-order valence-electron chi connectivity index (χ3n) is 1.92. The van der Waals surface area contributed by atoms with Crippen LogP contribution in [0.15, 0.2) is 4.42 Å². The van der Waals surface area contributed by atoms with Crippen LogP contribution < -0.4 is 0 Å². The monoisotopic (exact) mass is 199 g/mol. The molecule has 0 bridgehead atoms. The quantitative estimate of drug-likeness (QED) is 0.732. The Balaban J connectivity index is 2.69. The topological polar surface area (TPSA) is 72.6 Å². The number of aliphatic hydroxyl groups excluding tert-OH is 1. The van der Waals surface area contributed by atoms with E-state index in [-0.39, 0.29) is 12.3 Å². The van der Waals surface area contributed by atoms with Gasteiger partial charge in [0.1, 0.15) is 11.9 Å². The van der Waals surface area contributed by atoms with Crippen molar-refractivity contribution in [2.75, 3.05) is 7.11 Å². The van der Waals surface area contributed by atoms with Crippen molar-refractivity contribution in [2.24, 2.45) is 0 Å². The Bertz CT molecular complexity index is 312. The van der Waals surface area contributed by atoms with E-state index in [0.717, 1.165) is 0 Å². The van der Waals surface area contributed by atoms with Crippen molar-refractivity contribution < 1.29 is 19.1 Å². The van der Waals surface area contributed by atoms with Crippen LogP contribution in [0.2, 0.25) is 0 Å². The number of aryl methyl sites for hydroxylation is 2. The van der Waals surface area contributed by atoms with Gasteiger partial charge in [0.25, 0.3) is 0 Å². The Hall–Kier alpha value is -1.36. The normalized spacial score (nSPS) is 12.6. The van der Waals surface area contributed by atoms with E-state index in [1.165, 1.54) is 7.11 Å². The van der Waals surface area contributed by atoms with E-state index in [0.29, 0.717) is 11.5 Å². The van der Waals surface area contributed by atoms with Crippen molar-refractivity contribution in [1.29, 1.82) is 0 Å². The summed E-state index contributed by atoms with van der Waals surface area (Å²) in [4.78, 5) is 14.8. The first-order chi connectivity index (χ1) is 6.54. The predicted octanol–water partition coefficient (Wildman–Crippen LogP) is 0.888. The molecule has 0 amide bonds. The van der Waals surface area contributed by atoms with Crippen LogP contribution in [0.25, 0.3) is 0 Å². The summed E-state index contributed by atoms with van der Waals surface area (Å²) in [5.74, 6) is 0.306. The highest BCUT2D eigenvalue weighted by atomic mass is 16.5. The minimum Gasteiger partial charge on any atom is -0.469 e. The Morgan fingerprint density at radius 3 is 2.71 bits per heavy atom. The maximum Gasteiger partial charge on any atom is 0.308 e. The van der Waals surface area contributed by atoms with Gasteiger partial charge in [0.2, 0.25) is 5.89 Å². The van der Waals surface area contributed by atoms with Gasteiger partial charge >= 0.3 is 5.97 Å². The lowest BCUT2D eigenvalue weighted by Gasteiger charge is -2.03. The van der Waals surface area contributed by atoms with Crippen LogP contribution in [0.1, 0.15) is 29.9 Å². The number of oxazole rings is 1. The smallest absolute Gasteiger partial charge is 0.308 e. The predicted molar refractivity (Wildman–Crippen MR) is 47.6 cm³/mol. The van der Waals surface area contributed by atoms with Crippen LogP contribution in [-0.2, 0) is 9.53 Å². The number of carbonyl (C=O) groups is 1. The zero-order chi connectivity index (χ0) is 10.7.